The summed E-state index contributed by atoms with van der Waals surface area (Å²) in [6, 6.07) is 17.4. The van der Waals surface area contributed by atoms with E-state index in [1.807, 2.05) is 6.07 Å². The first-order valence-corrected chi connectivity index (χ1v) is 8.64. The van der Waals surface area contributed by atoms with E-state index < -0.39 is 11.9 Å². The number of rotatable bonds is 6. The fourth-order valence-electron chi connectivity index (χ4n) is 3.41. The van der Waals surface area contributed by atoms with Gasteiger partial charge in [0.15, 0.2) is 0 Å². The highest BCUT2D eigenvalue weighted by atomic mass is 16.4. The fraction of sp³-hybridized carbons (Fsp3) is 0.333. The Morgan fingerprint density at radius 3 is 2.48 bits per heavy atom. The van der Waals surface area contributed by atoms with Crippen LogP contribution in [0.3, 0.4) is 0 Å². The third kappa shape index (κ3) is 4.27. The van der Waals surface area contributed by atoms with E-state index in [4.69, 9.17) is 0 Å². The van der Waals surface area contributed by atoms with Crippen molar-refractivity contribution in [2.75, 3.05) is 13.1 Å². The number of carboxylic acid groups (broad SMARTS) is 1. The Morgan fingerprint density at radius 2 is 1.84 bits per heavy atom. The maximum Gasteiger partial charge on any atom is 0.311 e. The maximum absolute atomic E-state index is 12.4. The average Bonchev–Trinajstić information content (AvgIpc) is 2.56. The highest BCUT2D eigenvalue weighted by Crippen LogP contribution is 2.26. The predicted molar refractivity (Wildman–Crippen MR) is 96.4 cm³/mol. The summed E-state index contributed by atoms with van der Waals surface area (Å²) in [5, 5.41) is 9.45. The highest BCUT2D eigenvalue weighted by Gasteiger charge is 2.33. The molecule has 3 rings (SSSR count). The van der Waals surface area contributed by atoms with Crippen LogP contribution in [0.25, 0.3) is 0 Å². The highest BCUT2D eigenvalue weighted by molar-refractivity contribution is 5.86. The van der Waals surface area contributed by atoms with Gasteiger partial charge >= 0.3 is 5.97 Å². The quantitative estimate of drug-likeness (QED) is 0.880. The van der Waals surface area contributed by atoms with Crippen LogP contribution < -0.4 is 0 Å². The smallest absolute Gasteiger partial charge is 0.311 e. The van der Waals surface area contributed by atoms with Gasteiger partial charge in [-0.1, -0.05) is 60.2 Å². The molecule has 130 valence electrons. The Kier molecular flexibility index (Phi) is 5.17. The number of carboxylic acids is 1. The van der Waals surface area contributed by atoms with Gasteiger partial charge in [-0.15, -0.1) is 0 Å². The number of aliphatic carboxylic acids is 1. The van der Waals surface area contributed by atoms with Crippen molar-refractivity contribution in [1.82, 2.24) is 4.90 Å². The lowest BCUT2D eigenvalue weighted by Crippen LogP contribution is -2.51. The van der Waals surface area contributed by atoms with Crippen molar-refractivity contribution < 1.29 is 14.7 Å². The molecule has 2 aromatic rings. The standard InChI is InChI=1S/C21H23NO3/c1-15-6-5-7-16(10-15)11-17-13-22(14-17)20(23)12-19(21(24)25)18-8-3-2-4-9-18/h2-10,17,19H,11-14H2,1H3,(H,24,25). The van der Waals surface area contributed by atoms with Gasteiger partial charge in [0.2, 0.25) is 5.91 Å². The minimum absolute atomic E-state index is 0.0243. The van der Waals surface area contributed by atoms with Gasteiger partial charge in [-0.2, -0.15) is 0 Å². The molecule has 1 amide bonds. The van der Waals surface area contributed by atoms with E-state index in [0.29, 0.717) is 24.6 Å². The van der Waals surface area contributed by atoms with Crippen LogP contribution in [-0.2, 0) is 16.0 Å². The van der Waals surface area contributed by atoms with Gasteiger partial charge in [-0.05, 0) is 30.4 Å². The molecule has 2 aromatic carbocycles. The lowest BCUT2D eigenvalue weighted by Gasteiger charge is -2.40. The summed E-state index contributed by atoms with van der Waals surface area (Å²) in [7, 11) is 0. The Bertz CT molecular complexity index is 751. The maximum atomic E-state index is 12.4. The number of carbonyl (C=O) groups is 2. The number of likely N-dealkylation sites (tertiary alicyclic amines) is 1. The number of nitrogens with zero attached hydrogens (tertiary/aromatic N) is 1. The fourth-order valence-corrected chi connectivity index (χ4v) is 3.41. The largest absolute Gasteiger partial charge is 0.481 e. The summed E-state index contributed by atoms with van der Waals surface area (Å²) in [5.74, 6) is -1.33. The summed E-state index contributed by atoms with van der Waals surface area (Å²) in [6.07, 6.45) is 0.989. The number of hydrogen-bond donors (Lipinski definition) is 1. The molecule has 0 radical (unpaired) electrons. The lowest BCUT2D eigenvalue weighted by atomic mass is 9.89. The Morgan fingerprint density at radius 1 is 1.12 bits per heavy atom. The molecule has 1 unspecified atom stereocenters. The number of hydrogen-bond acceptors (Lipinski definition) is 2. The Balaban J connectivity index is 1.53. The Labute approximate surface area is 148 Å². The minimum atomic E-state index is -0.948. The summed E-state index contributed by atoms with van der Waals surface area (Å²) in [6.45, 7) is 3.51. The molecule has 4 heteroatoms. The van der Waals surface area contributed by atoms with Crippen molar-refractivity contribution in [2.24, 2.45) is 5.92 Å². The van der Waals surface area contributed by atoms with Crippen molar-refractivity contribution in [3.05, 3.63) is 71.3 Å². The number of aryl methyl sites for hydroxylation is 1. The molecule has 0 bridgehead atoms. The molecule has 1 fully saturated rings. The van der Waals surface area contributed by atoms with Crippen LogP contribution in [0.2, 0.25) is 0 Å². The number of carbonyl (C=O) groups excluding carboxylic acids is 1. The third-order valence-corrected chi connectivity index (χ3v) is 4.80. The molecule has 0 aromatic heterocycles. The van der Waals surface area contributed by atoms with Crippen molar-refractivity contribution in [2.45, 2.75) is 25.7 Å². The van der Waals surface area contributed by atoms with E-state index in [-0.39, 0.29) is 12.3 Å². The van der Waals surface area contributed by atoms with Crippen LogP contribution in [-0.4, -0.2) is 35.0 Å². The molecule has 1 aliphatic heterocycles. The number of amides is 1. The van der Waals surface area contributed by atoms with Crippen molar-refractivity contribution in [3.63, 3.8) is 0 Å². The van der Waals surface area contributed by atoms with Crippen LogP contribution in [0.4, 0.5) is 0 Å². The molecule has 1 heterocycles. The molecule has 1 saturated heterocycles. The monoisotopic (exact) mass is 337 g/mol. The molecule has 1 N–H and O–H groups in total. The van der Waals surface area contributed by atoms with Gasteiger partial charge in [-0.3, -0.25) is 9.59 Å². The second-order valence-electron chi connectivity index (χ2n) is 6.86. The van der Waals surface area contributed by atoms with Crippen LogP contribution in [0, 0.1) is 12.8 Å². The van der Waals surface area contributed by atoms with Crippen LogP contribution >= 0.6 is 0 Å². The zero-order valence-electron chi connectivity index (χ0n) is 14.4. The summed E-state index contributed by atoms with van der Waals surface area (Å²) in [5.41, 5.74) is 3.22. The minimum Gasteiger partial charge on any atom is -0.481 e. The molecule has 0 spiro atoms. The lowest BCUT2D eigenvalue weighted by molar-refractivity contribution is -0.145. The molecular formula is C21H23NO3. The van der Waals surface area contributed by atoms with Gasteiger partial charge in [0.05, 0.1) is 5.92 Å². The number of benzene rings is 2. The molecule has 1 atom stereocenters. The van der Waals surface area contributed by atoms with Crippen LogP contribution in [0.15, 0.2) is 54.6 Å². The zero-order valence-corrected chi connectivity index (χ0v) is 14.4. The van der Waals surface area contributed by atoms with Gasteiger partial charge < -0.3 is 10.0 Å². The van der Waals surface area contributed by atoms with Crippen molar-refractivity contribution in [1.29, 1.82) is 0 Å². The van der Waals surface area contributed by atoms with Crippen LogP contribution in [0.5, 0.6) is 0 Å². The first kappa shape index (κ1) is 17.2. The molecule has 1 aliphatic rings. The third-order valence-electron chi connectivity index (χ3n) is 4.80. The summed E-state index contributed by atoms with van der Waals surface area (Å²) < 4.78 is 0. The average molecular weight is 337 g/mol. The van der Waals surface area contributed by atoms with Gasteiger partial charge in [-0.25, -0.2) is 0 Å². The second kappa shape index (κ2) is 7.51. The first-order chi connectivity index (χ1) is 12.0. The van der Waals surface area contributed by atoms with Crippen molar-refractivity contribution >= 4 is 11.9 Å². The van der Waals surface area contributed by atoms with E-state index >= 15 is 0 Å². The normalized spacial score (nSPS) is 15.5. The molecule has 0 saturated carbocycles. The SMILES string of the molecule is Cc1cccc(CC2CN(C(=O)CC(C(=O)O)c3ccccc3)C2)c1. The Hall–Kier alpha value is -2.62. The van der Waals surface area contributed by atoms with E-state index in [1.165, 1.54) is 11.1 Å². The van der Waals surface area contributed by atoms with Gasteiger partial charge in [0, 0.05) is 19.5 Å². The summed E-state index contributed by atoms with van der Waals surface area (Å²) >= 11 is 0. The topological polar surface area (TPSA) is 57.6 Å². The molecule has 0 aliphatic carbocycles. The second-order valence-corrected chi connectivity index (χ2v) is 6.86. The van der Waals surface area contributed by atoms with E-state index in [1.54, 1.807) is 29.2 Å². The summed E-state index contributed by atoms with van der Waals surface area (Å²) in [4.78, 5) is 25.7. The van der Waals surface area contributed by atoms with E-state index in [0.717, 1.165) is 6.42 Å². The molecular weight excluding hydrogens is 314 g/mol. The molecule has 25 heavy (non-hydrogen) atoms. The van der Waals surface area contributed by atoms with E-state index in [9.17, 15) is 14.7 Å². The predicted octanol–water partition coefficient (Wildman–Crippen LogP) is 3.25. The van der Waals surface area contributed by atoms with Crippen LogP contribution in [0.1, 0.15) is 29.0 Å². The van der Waals surface area contributed by atoms with Gasteiger partial charge in [0.1, 0.15) is 0 Å². The first-order valence-electron chi connectivity index (χ1n) is 8.64. The molecule has 4 nitrogen and oxygen atoms in total. The zero-order chi connectivity index (χ0) is 17.8. The van der Waals surface area contributed by atoms with Crippen molar-refractivity contribution in [3.8, 4) is 0 Å². The van der Waals surface area contributed by atoms with Gasteiger partial charge in [0.25, 0.3) is 0 Å². The van der Waals surface area contributed by atoms with E-state index in [2.05, 4.69) is 31.2 Å².